The summed E-state index contributed by atoms with van der Waals surface area (Å²) in [4.78, 5) is 23.7. The lowest BCUT2D eigenvalue weighted by Gasteiger charge is -2.23. The number of carbonyl (C=O) groups is 2. The van der Waals surface area contributed by atoms with Crippen molar-refractivity contribution < 1.29 is 19.8 Å². The molecule has 1 heterocycles. The van der Waals surface area contributed by atoms with Crippen LogP contribution in [0, 0.1) is 5.92 Å². The molecule has 0 spiro atoms. The largest absolute Gasteiger partial charge is 0.480 e. The monoisotopic (exact) mass is 216 g/mol. The molecule has 0 aromatic carbocycles. The fraction of sp³-hybridized carbons (Fsp3) is 0.778. The maximum atomic E-state index is 11.7. The fourth-order valence-electron chi connectivity index (χ4n) is 1.68. The highest BCUT2D eigenvalue weighted by atomic mass is 16.4. The molecule has 0 aliphatic carbocycles. The zero-order valence-corrected chi connectivity index (χ0v) is 8.59. The number of hydrogen-bond donors (Lipinski definition) is 3. The molecule has 1 aliphatic heterocycles. The van der Waals surface area contributed by atoms with E-state index in [4.69, 9.17) is 10.8 Å². The van der Waals surface area contributed by atoms with Crippen LogP contribution in [-0.2, 0) is 9.59 Å². The Labute approximate surface area is 87.7 Å². The number of nitrogens with zero attached hydrogens (tertiary/aromatic N) is 1. The van der Waals surface area contributed by atoms with Crippen molar-refractivity contribution in [2.75, 3.05) is 13.1 Å². The smallest absolute Gasteiger partial charge is 0.326 e. The Bertz CT molecular complexity index is 269. The van der Waals surface area contributed by atoms with Crippen molar-refractivity contribution in [3.05, 3.63) is 0 Å². The highest BCUT2D eigenvalue weighted by Crippen LogP contribution is 2.20. The molecule has 0 radical (unpaired) electrons. The number of amides is 1. The predicted molar refractivity (Wildman–Crippen MR) is 52.0 cm³/mol. The van der Waals surface area contributed by atoms with Crippen molar-refractivity contribution in [1.29, 1.82) is 0 Å². The lowest BCUT2D eigenvalue weighted by molar-refractivity contribution is -0.149. The molecule has 15 heavy (non-hydrogen) atoms. The van der Waals surface area contributed by atoms with Gasteiger partial charge in [0.05, 0.1) is 6.10 Å². The summed E-state index contributed by atoms with van der Waals surface area (Å²) in [6, 6.07) is -0.915. The van der Waals surface area contributed by atoms with E-state index in [9.17, 15) is 14.7 Å². The summed E-state index contributed by atoms with van der Waals surface area (Å²) in [6.45, 7) is 1.91. The highest BCUT2D eigenvalue weighted by molar-refractivity contribution is 5.85. The first-order chi connectivity index (χ1) is 6.97. The van der Waals surface area contributed by atoms with Crippen molar-refractivity contribution in [3.63, 3.8) is 0 Å². The summed E-state index contributed by atoms with van der Waals surface area (Å²) in [5.41, 5.74) is 5.34. The summed E-state index contributed by atoms with van der Waals surface area (Å²) >= 11 is 0. The molecule has 1 rings (SSSR count). The van der Waals surface area contributed by atoms with E-state index in [1.165, 1.54) is 4.90 Å². The Morgan fingerprint density at radius 2 is 2.20 bits per heavy atom. The summed E-state index contributed by atoms with van der Waals surface area (Å²) < 4.78 is 0. The van der Waals surface area contributed by atoms with Gasteiger partial charge in [0, 0.05) is 25.4 Å². The summed E-state index contributed by atoms with van der Waals surface area (Å²) in [7, 11) is 0. The summed E-state index contributed by atoms with van der Waals surface area (Å²) in [5.74, 6) is -1.79. The quantitative estimate of drug-likeness (QED) is 0.540. The maximum Gasteiger partial charge on any atom is 0.326 e. The van der Waals surface area contributed by atoms with Gasteiger partial charge in [-0.05, 0) is 0 Å². The van der Waals surface area contributed by atoms with Crippen LogP contribution in [0.2, 0.25) is 0 Å². The zero-order chi connectivity index (χ0) is 11.6. The molecule has 1 saturated heterocycles. The molecule has 1 fully saturated rings. The van der Waals surface area contributed by atoms with E-state index in [0.29, 0.717) is 0 Å². The van der Waals surface area contributed by atoms with Crippen LogP contribution in [0.15, 0.2) is 0 Å². The van der Waals surface area contributed by atoms with Crippen LogP contribution in [0.1, 0.15) is 13.3 Å². The molecule has 6 nitrogen and oxygen atoms in total. The number of β-amino-alcohol motifs (C(OH)–C–C–N with tert-alkyl or cyclic N) is 1. The number of carboxylic acid groups (broad SMARTS) is 1. The Hall–Kier alpha value is -1.14. The molecule has 1 aliphatic rings. The van der Waals surface area contributed by atoms with E-state index >= 15 is 0 Å². The minimum Gasteiger partial charge on any atom is -0.480 e. The Morgan fingerprint density at radius 3 is 2.67 bits per heavy atom. The second-order valence-corrected chi connectivity index (χ2v) is 3.87. The number of aliphatic hydroxyl groups excluding tert-OH is 1. The lowest BCUT2D eigenvalue weighted by atomic mass is 10.1. The number of hydrogen-bond acceptors (Lipinski definition) is 4. The molecule has 3 atom stereocenters. The van der Waals surface area contributed by atoms with Crippen LogP contribution in [0.3, 0.4) is 0 Å². The number of aliphatic carboxylic acids is 1. The average Bonchev–Trinajstić information content (AvgIpc) is 2.58. The van der Waals surface area contributed by atoms with Crippen molar-refractivity contribution in [2.45, 2.75) is 25.5 Å². The SMILES string of the molecule is CC(CN)C(=O)N1C[C@@H](O)C[C@H]1C(=O)O. The standard InChI is InChI=1S/C9H16N2O4/c1-5(3-10)8(13)11-4-6(12)2-7(11)9(14)15/h5-7,12H,2-4,10H2,1H3,(H,14,15)/t5?,6-,7-/m0/s1. The van der Waals surface area contributed by atoms with E-state index < -0.39 is 24.0 Å². The van der Waals surface area contributed by atoms with Crippen LogP contribution in [0.5, 0.6) is 0 Å². The third-order valence-corrected chi connectivity index (χ3v) is 2.62. The van der Waals surface area contributed by atoms with Gasteiger partial charge in [0.2, 0.25) is 5.91 Å². The van der Waals surface area contributed by atoms with Gasteiger partial charge in [0.25, 0.3) is 0 Å². The first kappa shape index (κ1) is 11.9. The minimum absolute atomic E-state index is 0.0835. The lowest BCUT2D eigenvalue weighted by Crippen LogP contribution is -2.44. The molecule has 0 aromatic rings. The van der Waals surface area contributed by atoms with Crippen molar-refractivity contribution in [2.24, 2.45) is 11.7 Å². The van der Waals surface area contributed by atoms with Crippen molar-refractivity contribution in [3.8, 4) is 0 Å². The summed E-state index contributed by atoms with van der Waals surface area (Å²) in [5, 5.41) is 18.2. The minimum atomic E-state index is -1.08. The van der Waals surface area contributed by atoms with Gasteiger partial charge < -0.3 is 20.8 Å². The first-order valence-electron chi connectivity index (χ1n) is 4.88. The number of carboxylic acids is 1. The molecule has 0 bridgehead atoms. The third-order valence-electron chi connectivity index (χ3n) is 2.62. The first-order valence-corrected chi connectivity index (χ1v) is 4.88. The summed E-state index contributed by atoms with van der Waals surface area (Å²) in [6.07, 6.45) is -0.654. The molecular formula is C9H16N2O4. The third kappa shape index (κ3) is 2.45. The number of likely N-dealkylation sites (tertiary alicyclic amines) is 1. The maximum absolute atomic E-state index is 11.7. The molecule has 6 heteroatoms. The molecule has 86 valence electrons. The van der Waals surface area contributed by atoms with E-state index in [1.54, 1.807) is 6.92 Å². The van der Waals surface area contributed by atoms with E-state index in [0.717, 1.165) is 0 Å². The van der Waals surface area contributed by atoms with Gasteiger partial charge in [0.15, 0.2) is 0 Å². The second-order valence-electron chi connectivity index (χ2n) is 3.87. The van der Waals surface area contributed by atoms with Gasteiger partial charge in [0.1, 0.15) is 6.04 Å². The van der Waals surface area contributed by atoms with E-state index in [1.807, 2.05) is 0 Å². The normalized spacial score (nSPS) is 27.8. The average molecular weight is 216 g/mol. The molecule has 0 saturated carbocycles. The number of nitrogens with two attached hydrogens (primary N) is 1. The molecule has 0 aromatic heterocycles. The van der Waals surface area contributed by atoms with Gasteiger partial charge in [-0.2, -0.15) is 0 Å². The number of rotatable bonds is 3. The van der Waals surface area contributed by atoms with E-state index in [2.05, 4.69) is 0 Å². The molecule has 4 N–H and O–H groups in total. The Morgan fingerprint density at radius 1 is 1.60 bits per heavy atom. The van der Waals surface area contributed by atoms with E-state index in [-0.39, 0.29) is 25.4 Å². The van der Waals surface area contributed by atoms with Crippen LogP contribution >= 0.6 is 0 Å². The van der Waals surface area contributed by atoms with Crippen molar-refractivity contribution in [1.82, 2.24) is 4.90 Å². The number of aliphatic hydroxyl groups is 1. The topological polar surface area (TPSA) is 104 Å². The van der Waals surface area contributed by atoms with Gasteiger partial charge in [-0.1, -0.05) is 6.92 Å². The fourth-order valence-corrected chi connectivity index (χ4v) is 1.68. The molecular weight excluding hydrogens is 200 g/mol. The van der Waals surface area contributed by atoms with Crippen LogP contribution < -0.4 is 5.73 Å². The Kier molecular flexibility index (Phi) is 3.65. The van der Waals surface area contributed by atoms with Crippen molar-refractivity contribution >= 4 is 11.9 Å². The number of carbonyl (C=O) groups excluding carboxylic acids is 1. The van der Waals surface area contributed by atoms with Gasteiger partial charge in [-0.15, -0.1) is 0 Å². The van der Waals surface area contributed by atoms with Crippen LogP contribution in [0.25, 0.3) is 0 Å². The highest BCUT2D eigenvalue weighted by Gasteiger charge is 2.39. The van der Waals surface area contributed by atoms with Gasteiger partial charge >= 0.3 is 5.97 Å². The van der Waals surface area contributed by atoms with Gasteiger partial charge in [-0.3, -0.25) is 4.79 Å². The van der Waals surface area contributed by atoms with Crippen LogP contribution in [0.4, 0.5) is 0 Å². The second kappa shape index (κ2) is 4.59. The molecule has 1 amide bonds. The Balaban J connectivity index is 2.75. The zero-order valence-electron chi connectivity index (χ0n) is 8.59. The van der Waals surface area contributed by atoms with Crippen LogP contribution in [-0.4, -0.2) is 52.2 Å². The predicted octanol–water partition coefficient (Wildman–Crippen LogP) is -1.37. The van der Waals surface area contributed by atoms with Gasteiger partial charge in [-0.25, -0.2) is 4.79 Å². The molecule has 1 unspecified atom stereocenters.